The van der Waals surface area contributed by atoms with Gasteiger partial charge in [-0.1, -0.05) is 23.7 Å². The van der Waals surface area contributed by atoms with Crippen molar-refractivity contribution in [2.45, 2.75) is 19.9 Å². The third kappa shape index (κ3) is 4.35. The van der Waals surface area contributed by atoms with Crippen molar-refractivity contribution >= 4 is 40.5 Å². The highest BCUT2D eigenvalue weighted by Crippen LogP contribution is 2.36. The summed E-state index contributed by atoms with van der Waals surface area (Å²) in [6.45, 7) is 3.67. The van der Waals surface area contributed by atoms with Gasteiger partial charge in [0.1, 0.15) is 23.6 Å². The summed E-state index contributed by atoms with van der Waals surface area (Å²) in [4.78, 5) is 29.9. The second-order valence-corrected chi connectivity index (χ2v) is 7.11. The number of amides is 1. The van der Waals surface area contributed by atoms with Gasteiger partial charge in [0.2, 0.25) is 5.91 Å². The molecule has 3 aromatic rings. The normalized spacial score (nSPS) is 11.8. The molecule has 3 rings (SSSR count). The number of carbonyl (C=O) groups is 2. The van der Waals surface area contributed by atoms with Crippen LogP contribution in [0.5, 0.6) is 0 Å². The van der Waals surface area contributed by atoms with Crippen LogP contribution >= 0.6 is 22.9 Å². The molecule has 140 valence electrons. The first-order chi connectivity index (χ1) is 13.0. The monoisotopic (exact) mass is 404 g/mol. The van der Waals surface area contributed by atoms with Gasteiger partial charge >= 0.3 is 5.97 Å². The van der Waals surface area contributed by atoms with Crippen molar-refractivity contribution in [1.29, 1.82) is 0 Å². The number of aromatic nitrogens is 3. The molecular formula is C18H17ClN4O3S. The Balaban J connectivity index is 1.91. The first kappa shape index (κ1) is 19.1. The zero-order valence-corrected chi connectivity index (χ0v) is 16.3. The van der Waals surface area contributed by atoms with E-state index in [1.165, 1.54) is 28.7 Å². The minimum absolute atomic E-state index is 0.246. The number of ether oxygens (including phenoxy) is 1. The summed E-state index contributed by atoms with van der Waals surface area (Å²) in [6.07, 6.45) is 2.82. The number of benzene rings is 1. The van der Waals surface area contributed by atoms with E-state index in [4.69, 9.17) is 16.3 Å². The van der Waals surface area contributed by atoms with Gasteiger partial charge in [0.25, 0.3) is 0 Å². The Labute approximate surface area is 164 Å². The molecule has 1 amide bonds. The molecule has 9 heteroatoms. The highest BCUT2D eigenvalue weighted by molar-refractivity contribution is 7.18. The molecule has 1 atom stereocenters. The zero-order valence-electron chi connectivity index (χ0n) is 14.7. The molecule has 2 aromatic heterocycles. The maximum atomic E-state index is 12.6. The summed E-state index contributed by atoms with van der Waals surface area (Å²) in [6, 6.07) is 8.42. The van der Waals surface area contributed by atoms with Crippen LogP contribution in [-0.4, -0.2) is 33.2 Å². The highest BCUT2D eigenvalue weighted by atomic mass is 35.5. The molecule has 1 aromatic carbocycles. The van der Waals surface area contributed by atoms with Crippen LogP contribution < -0.4 is 5.32 Å². The fourth-order valence-electron chi connectivity index (χ4n) is 2.36. The van der Waals surface area contributed by atoms with Gasteiger partial charge in [0.15, 0.2) is 0 Å². The second kappa shape index (κ2) is 8.32. The molecule has 0 fully saturated rings. The van der Waals surface area contributed by atoms with Crippen molar-refractivity contribution in [3.63, 3.8) is 0 Å². The molecule has 2 heterocycles. The fraction of sp³-hybridized carbons (Fsp3) is 0.222. The molecule has 0 radical (unpaired) electrons. The van der Waals surface area contributed by atoms with Crippen molar-refractivity contribution in [2.24, 2.45) is 0 Å². The van der Waals surface area contributed by atoms with Gasteiger partial charge < -0.3 is 10.1 Å². The number of anilines is 1. The number of hydrogen-bond donors (Lipinski definition) is 1. The second-order valence-electron chi connectivity index (χ2n) is 5.62. The Kier molecular flexibility index (Phi) is 5.88. The van der Waals surface area contributed by atoms with Gasteiger partial charge in [-0.15, -0.1) is 11.3 Å². The maximum Gasteiger partial charge on any atom is 0.350 e. The SMILES string of the molecule is CCOC(=O)c1sc(-c2ccc(Cl)cc2)cc1NC(=O)C(C)n1cncn1. The molecule has 0 saturated heterocycles. The molecule has 0 spiro atoms. The summed E-state index contributed by atoms with van der Waals surface area (Å²) in [5.41, 5.74) is 1.29. The van der Waals surface area contributed by atoms with Crippen LogP contribution in [-0.2, 0) is 9.53 Å². The number of halogens is 1. The minimum Gasteiger partial charge on any atom is -0.462 e. The van der Waals surface area contributed by atoms with Crippen molar-refractivity contribution in [1.82, 2.24) is 14.8 Å². The third-order valence-electron chi connectivity index (χ3n) is 3.79. The molecule has 1 N–H and O–H groups in total. The number of thiophene rings is 1. The van der Waals surface area contributed by atoms with Crippen molar-refractivity contribution in [3.05, 3.63) is 52.9 Å². The lowest BCUT2D eigenvalue weighted by Gasteiger charge is -2.12. The van der Waals surface area contributed by atoms with E-state index in [0.717, 1.165) is 10.4 Å². The molecule has 0 aliphatic carbocycles. The minimum atomic E-state index is -0.582. The van der Waals surface area contributed by atoms with E-state index >= 15 is 0 Å². The number of nitrogens with zero attached hydrogens (tertiary/aromatic N) is 3. The lowest BCUT2D eigenvalue weighted by atomic mass is 10.2. The summed E-state index contributed by atoms with van der Waals surface area (Å²) >= 11 is 7.19. The lowest BCUT2D eigenvalue weighted by molar-refractivity contribution is -0.119. The molecule has 0 bridgehead atoms. The van der Waals surface area contributed by atoms with Crippen molar-refractivity contribution in [2.75, 3.05) is 11.9 Å². The summed E-state index contributed by atoms with van der Waals surface area (Å²) in [5, 5.41) is 7.39. The Morgan fingerprint density at radius 1 is 1.33 bits per heavy atom. The van der Waals surface area contributed by atoms with Crippen LogP contribution in [0.25, 0.3) is 10.4 Å². The fourth-order valence-corrected chi connectivity index (χ4v) is 3.50. The van der Waals surface area contributed by atoms with E-state index in [9.17, 15) is 9.59 Å². The maximum absolute atomic E-state index is 12.6. The largest absolute Gasteiger partial charge is 0.462 e. The zero-order chi connectivity index (χ0) is 19.4. The molecular weight excluding hydrogens is 388 g/mol. The molecule has 27 heavy (non-hydrogen) atoms. The van der Waals surface area contributed by atoms with Crippen LogP contribution in [0, 0.1) is 0 Å². The number of carbonyl (C=O) groups excluding carboxylic acids is 2. The summed E-state index contributed by atoms with van der Waals surface area (Å²) in [5.74, 6) is -0.794. The van der Waals surface area contributed by atoms with Gasteiger partial charge in [-0.25, -0.2) is 14.5 Å². The Bertz CT molecular complexity index is 938. The lowest BCUT2D eigenvalue weighted by Crippen LogP contribution is -2.24. The van der Waals surface area contributed by atoms with E-state index in [1.54, 1.807) is 32.0 Å². The number of esters is 1. The molecule has 0 saturated carbocycles. The van der Waals surface area contributed by atoms with Crippen LogP contribution in [0.15, 0.2) is 43.0 Å². The van der Waals surface area contributed by atoms with E-state index in [1.807, 2.05) is 12.1 Å². The Morgan fingerprint density at radius 3 is 2.70 bits per heavy atom. The van der Waals surface area contributed by atoms with Gasteiger partial charge in [-0.3, -0.25) is 4.79 Å². The number of nitrogens with one attached hydrogen (secondary N) is 1. The van der Waals surface area contributed by atoms with Crippen LogP contribution in [0.1, 0.15) is 29.6 Å². The van der Waals surface area contributed by atoms with Crippen molar-refractivity contribution < 1.29 is 14.3 Å². The molecule has 1 unspecified atom stereocenters. The summed E-state index contributed by atoms with van der Waals surface area (Å²) in [7, 11) is 0. The molecule has 7 nitrogen and oxygen atoms in total. The number of hydrogen-bond acceptors (Lipinski definition) is 6. The summed E-state index contributed by atoms with van der Waals surface area (Å²) < 4.78 is 6.56. The van der Waals surface area contributed by atoms with Crippen molar-refractivity contribution in [3.8, 4) is 10.4 Å². The average molecular weight is 405 g/mol. The first-order valence-corrected chi connectivity index (χ1v) is 9.41. The third-order valence-corrected chi connectivity index (χ3v) is 5.21. The van der Waals surface area contributed by atoms with Gasteiger partial charge in [-0.05, 0) is 37.6 Å². The van der Waals surface area contributed by atoms with E-state index in [0.29, 0.717) is 15.6 Å². The van der Waals surface area contributed by atoms with E-state index in [-0.39, 0.29) is 12.5 Å². The standard InChI is InChI=1S/C18H17ClN4O3S/c1-3-26-18(25)16-14(22-17(24)11(2)23-10-20-9-21-23)8-15(27-16)12-4-6-13(19)7-5-12/h4-11H,3H2,1-2H3,(H,22,24). The molecule has 0 aliphatic rings. The predicted octanol–water partition coefficient (Wildman–Crippen LogP) is 4.04. The van der Waals surface area contributed by atoms with Gasteiger partial charge in [0.05, 0.1) is 12.3 Å². The van der Waals surface area contributed by atoms with Crippen LogP contribution in [0.3, 0.4) is 0 Å². The predicted molar refractivity (Wildman–Crippen MR) is 104 cm³/mol. The van der Waals surface area contributed by atoms with Gasteiger partial charge in [-0.2, -0.15) is 5.10 Å². The van der Waals surface area contributed by atoms with E-state index < -0.39 is 12.0 Å². The topological polar surface area (TPSA) is 86.1 Å². The Hall–Kier alpha value is -2.71. The van der Waals surface area contributed by atoms with Gasteiger partial charge in [0, 0.05) is 9.90 Å². The van der Waals surface area contributed by atoms with Crippen LogP contribution in [0.4, 0.5) is 5.69 Å². The molecule has 0 aliphatic heterocycles. The van der Waals surface area contributed by atoms with E-state index in [2.05, 4.69) is 15.4 Å². The Morgan fingerprint density at radius 2 is 2.07 bits per heavy atom. The highest BCUT2D eigenvalue weighted by Gasteiger charge is 2.23. The van der Waals surface area contributed by atoms with Crippen LogP contribution in [0.2, 0.25) is 5.02 Å². The smallest absolute Gasteiger partial charge is 0.350 e. The number of rotatable bonds is 6. The average Bonchev–Trinajstić information content (AvgIpc) is 3.32. The quantitative estimate of drug-likeness (QED) is 0.626. The first-order valence-electron chi connectivity index (χ1n) is 8.21.